The molecule has 2 rings (SSSR count). The Bertz CT molecular complexity index is 579. The molecule has 5 heteroatoms. The molecule has 2 aromatic heterocycles. The third kappa shape index (κ3) is 3.98. The van der Waals surface area contributed by atoms with Gasteiger partial charge in [0.1, 0.15) is 0 Å². The maximum Gasteiger partial charge on any atom is 0.195 e. The first-order valence-electron chi connectivity index (χ1n) is 7.72. The Hall–Kier alpha value is -1.07. The van der Waals surface area contributed by atoms with Crippen LogP contribution >= 0.6 is 11.3 Å². The van der Waals surface area contributed by atoms with Crippen molar-refractivity contribution in [1.82, 2.24) is 14.7 Å². The van der Waals surface area contributed by atoms with Gasteiger partial charge in [-0.3, -0.25) is 4.40 Å². The molecule has 1 unspecified atom stereocenters. The van der Waals surface area contributed by atoms with E-state index in [2.05, 4.69) is 67.9 Å². The predicted molar refractivity (Wildman–Crippen MR) is 92.4 cm³/mol. The van der Waals surface area contributed by atoms with Crippen molar-refractivity contribution in [3.05, 3.63) is 17.3 Å². The first kappa shape index (κ1) is 16.3. The van der Waals surface area contributed by atoms with E-state index in [1.807, 2.05) is 0 Å². The summed E-state index contributed by atoms with van der Waals surface area (Å²) in [7, 11) is 2.15. The molecule has 21 heavy (non-hydrogen) atoms. The smallest absolute Gasteiger partial charge is 0.195 e. The molecule has 0 radical (unpaired) electrons. The average Bonchev–Trinajstić information content (AvgIpc) is 2.95. The minimum absolute atomic E-state index is 0.104. The summed E-state index contributed by atoms with van der Waals surface area (Å²) < 4.78 is 2.21. The number of fused-ring (bicyclic) bond motifs is 1. The maximum absolute atomic E-state index is 4.83. The number of nitrogens with zero attached hydrogens (tertiary/aromatic N) is 3. The Kier molecular flexibility index (Phi) is 4.94. The van der Waals surface area contributed by atoms with Gasteiger partial charge >= 0.3 is 0 Å². The highest BCUT2D eigenvalue weighted by Gasteiger charge is 2.19. The number of nitrogens with one attached hydrogen (secondary N) is 1. The normalized spacial score (nSPS) is 13.8. The molecular weight excluding hydrogens is 280 g/mol. The van der Waals surface area contributed by atoms with Crippen molar-refractivity contribution in [2.75, 3.05) is 18.5 Å². The minimum atomic E-state index is 0.104. The maximum atomic E-state index is 4.83. The number of aromatic nitrogens is 2. The summed E-state index contributed by atoms with van der Waals surface area (Å²) >= 11 is 1.70. The van der Waals surface area contributed by atoms with Crippen LogP contribution in [-0.2, 0) is 6.54 Å². The lowest BCUT2D eigenvalue weighted by Gasteiger charge is -2.24. The molecule has 0 bridgehead atoms. The summed E-state index contributed by atoms with van der Waals surface area (Å²) in [6, 6.07) is 0. The molecule has 118 valence electrons. The van der Waals surface area contributed by atoms with Crippen LogP contribution in [-0.4, -0.2) is 28.5 Å². The number of rotatable bonds is 6. The lowest BCUT2D eigenvalue weighted by molar-refractivity contribution is 0.420. The number of anilines is 1. The second-order valence-electron chi connectivity index (χ2n) is 6.94. The van der Waals surface area contributed by atoms with E-state index in [-0.39, 0.29) is 5.54 Å². The molecule has 2 aromatic rings. The summed E-state index contributed by atoms with van der Waals surface area (Å²) in [5.41, 5.74) is 1.36. The molecule has 0 aromatic carbocycles. The average molecular weight is 308 g/mol. The summed E-state index contributed by atoms with van der Waals surface area (Å²) in [5, 5.41) is 5.68. The first-order chi connectivity index (χ1) is 9.81. The van der Waals surface area contributed by atoms with Gasteiger partial charge in [0.05, 0.1) is 5.69 Å². The monoisotopic (exact) mass is 308 g/mol. The summed E-state index contributed by atoms with van der Waals surface area (Å²) in [4.78, 5) is 8.20. The highest BCUT2D eigenvalue weighted by Crippen LogP contribution is 2.25. The van der Waals surface area contributed by atoms with Gasteiger partial charge in [-0.15, -0.1) is 11.3 Å². The van der Waals surface area contributed by atoms with Crippen LogP contribution < -0.4 is 10.2 Å². The van der Waals surface area contributed by atoms with Crippen LogP contribution in [0.1, 0.15) is 46.7 Å². The van der Waals surface area contributed by atoms with Crippen LogP contribution in [0.5, 0.6) is 0 Å². The molecule has 0 fully saturated rings. The highest BCUT2D eigenvalue weighted by atomic mass is 32.1. The standard InChI is InChI=1S/C16H28N4S/c1-7-12(2)11-19(6)14-13(10-17-16(3,4)5)20-8-9-21-15(20)18-14/h8-9,12,17H,7,10-11H2,1-6H3. The Morgan fingerprint density at radius 3 is 2.76 bits per heavy atom. The van der Waals surface area contributed by atoms with Crippen LogP contribution in [0.3, 0.4) is 0 Å². The van der Waals surface area contributed by atoms with Crippen LogP contribution in [0.2, 0.25) is 0 Å². The number of imidazole rings is 1. The van der Waals surface area contributed by atoms with E-state index >= 15 is 0 Å². The Morgan fingerprint density at radius 2 is 2.14 bits per heavy atom. The number of thiazole rings is 1. The van der Waals surface area contributed by atoms with Crippen molar-refractivity contribution < 1.29 is 0 Å². The van der Waals surface area contributed by atoms with E-state index in [0.717, 1.165) is 23.9 Å². The van der Waals surface area contributed by atoms with Crippen molar-refractivity contribution in [3.63, 3.8) is 0 Å². The van der Waals surface area contributed by atoms with Gasteiger partial charge in [-0.1, -0.05) is 20.3 Å². The van der Waals surface area contributed by atoms with Gasteiger partial charge in [-0.2, -0.15) is 0 Å². The molecule has 0 aliphatic carbocycles. The summed E-state index contributed by atoms with van der Waals surface area (Å²) in [5.74, 6) is 1.79. The third-order valence-corrected chi connectivity index (χ3v) is 4.53. The highest BCUT2D eigenvalue weighted by molar-refractivity contribution is 7.15. The Labute approximate surface area is 132 Å². The van der Waals surface area contributed by atoms with Crippen LogP contribution in [0.25, 0.3) is 4.96 Å². The van der Waals surface area contributed by atoms with E-state index in [1.165, 1.54) is 12.1 Å². The van der Waals surface area contributed by atoms with Crippen molar-refractivity contribution in [1.29, 1.82) is 0 Å². The molecule has 0 aliphatic rings. The van der Waals surface area contributed by atoms with Crippen molar-refractivity contribution >= 4 is 22.1 Å². The van der Waals surface area contributed by atoms with Crippen molar-refractivity contribution in [2.24, 2.45) is 5.92 Å². The first-order valence-corrected chi connectivity index (χ1v) is 8.60. The van der Waals surface area contributed by atoms with E-state index in [9.17, 15) is 0 Å². The number of hydrogen-bond acceptors (Lipinski definition) is 4. The van der Waals surface area contributed by atoms with Gasteiger partial charge in [0.25, 0.3) is 0 Å². The van der Waals surface area contributed by atoms with Gasteiger partial charge in [0.15, 0.2) is 10.8 Å². The van der Waals surface area contributed by atoms with Gasteiger partial charge in [0.2, 0.25) is 0 Å². The Morgan fingerprint density at radius 1 is 1.43 bits per heavy atom. The van der Waals surface area contributed by atoms with Crippen LogP contribution in [0.4, 0.5) is 5.82 Å². The quantitative estimate of drug-likeness (QED) is 0.882. The Balaban J connectivity index is 2.27. The fourth-order valence-electron chi connectivity index (χ4n) is 2.32. The third-order valence-electron chi connectivity index (χ3n) is 3.77. The lowest BCUT2D eigenvalue weighted by atomic mass is 10.1. The van der Waals surface area contributed by atoms with E-state index in [1.54, 1.807) is 11.3 Å². The molecular formula is C16H28N4S. The molecule has 4 nitrogen and oxygen atoms in total. The molecule has 0 spiro atoms. The molecule has 1 N–H and O–H groups in total. The fraction of sp³-hybridized carbons (Fsp3) is 0.688. The zero-order valence-electron chi connectivity index (χ0n) is 14.1. The predicted octanol–water partition coefficient (Wildman–Crippen LogP) is 3.77. The lowest BCUT2D eigenvalue weighted by Crippen LogP contribution is -2.36. The second-order valence-corrected chi connectivity index (χ2v) is 7.81. The fourth-order valence-corrected chi connectivity index (χ4v) is 3.05. The number of hydrogen-bond donors (Lipinski definition) is 1. The topological polar surface area (TPSA) is 32.6 Å². The van der Waals surface area contributed by atoms with E-state index in [4.69, 9.17) is 4.98 Å². The zero-order valence-corrected chi connectivity index (χ0v) is 14.9. The minimum Gasteiger partial charge on any atom is -0.358 e. The summed E-state index contributed by atoms with van der Waals surface area (Å²) in [6.45, 7) is 13.0. The van der Waals surface area contributed by atoms with Gasteiger partial charge < -0.3 is 10.2 Å². The molecule has 1 atom stereocenters. The van der Waals surface area contributed by atoms with Crippen molar-refractivity contribution in [2.45, 2.75) is 53.1 Å². The molecule has 0 amide bonds. The van der Waals surface area contributed by atoms with Gasteiger partial charge in [0, 0.05) is 37.3 Å². The zero-order chi connectivity index (χ0) is 15.6. The van der Waals surface area contributed by atoms with Gasteiger partial charge in [-0.05, 0) is 26.7 Å². The van der Waals surface area contributed by atoms with Crippen molar-refractivity contribution in [3.8, 4) is 0 Å². The van der Waals surface area contributed by atoms with E-state index < -0.39 is 0 Å². The van der Waals surface area contributed by atoms with Crippen LogP contribution in [0.15, 0.2) is 11.6 Å². The molecule has 2 heterocycles. The second kappa shape index (κ2) is 6.36. The van der Waals surface area contributed by atoms with Crippen LogP contribution in [0, 0.1) is 5.92 Å². The molecule has 0 saturated carbocycles. The molecule has 0 saturated heterocycles. The van der Waals surface area contributed by atoms with Gasteiger partial charge in [-0.25, -0.2) is 4.98 Å². The molecule has 0 aliphatic heterocycles. The summed E-state index contributed by atoms with van der Waals surface area (Å²) in [6.07, 6.45) is 3.31. The largest absolute Gasteiger partial charge is 0.358 e. The SMILES string of the molecule is CCC(C)CN(C)c1nc2sccn2c1CNC(C)(C)C. The van der Waals surface area contributed by atoms with E-state index in [0.29, 0.717) is 5.92 Å².